The molecule has 2 N–H and O–H groups in total. The van der Waals surface area contributed by atoms with Crippen LogP contribution in [0.25, 0.3) is 56.1 Å². The van der Waals surface area contributed by atoms with Crippen molar-refractivity contribution in [2.75, 3.05) is 10.9 Å². The van der Waals surface area contributed by atoms with E-state index in [9.17, 15) is 0 Å². The average Bonchev–Trinajstić information content (AvgIpc) is 3.08. The van der Waals surface area contributed by atoms with Crippen LogP contribution in [0.5, 0.6) is 0 Å². The van der Waals surface area contributed by atoms with Gasteiger partial charge in [0.1, 0.15) is 0 Å². The summed E-state index contributed by atoms with van der Waals surface area (Å²) in [6, 6.07) is 40.0. The molecule has 0 aliphatic carbocycles. The maximum Gasteiger partial charge on any atom is 0.153 e. The van der Waals surface area contributed by atoms with E-state index in [4.69, 9.17) is 15.0 Å². The molecule has 7 heteroatoms. The predicted octanol–water partition coefficient (Wildman–Crippen LogP) is 7.92. The Bertz CT molecular complexity index is 1990. The molecule has 0 aliphatic rings. The van der Waals surface area contributed by atoms with Gasteiger partial charge in [-0.2, -0.15) is 0 Å². The molecular weight excluding hydrogens is 518 g/mol. The Morgan fingerprint density at radius 3 is 1.79 bits per heavy atom. The van der Waals surface area contributed by atoms with Crippen molar-refractivity contribution < 1.29 is 0 Å². The maximum atomic E-state index is 4.98. The van der Waals surface area contributed by atoms with Gasteiger partial charge in [-0.15, -0.1) is 0 Å². The van der Waals surface area contributed by atoms with E-state index in [1.807, 2.05) is 103 Å². The van der Waals surface area contributed by atoms with Gasteiger partial charge in [0.15, 0.2) is 5.82 Å². The quantitative estimate of drug-likeness (QED) is 0.197. The molecule has 0 saturated carbocycles. The number of nitrogens with zero attached hydrogens (tertiary/aromatic N) is 5. The zero-order chi connectivity index (χ0) is 28.1. The number of hydrogen-bond acceptors (Lipinski definition) is 7. The van der Waals surface area contributed by atoms with E-state index >= 15 is 0 Å². The molecule has 0 unspecified atom stereocenters. The number of rotatable bonds is 7. The van der Waals surface area contributed by atoms with Gasteiger partial charge in [-0.05, 0) is 66.0 Å². The minimum Gasteiger partial charge on any atom is -0.299 e. The lowest BCUT2D eigenvalue weighted by atomic mass is 10.1. The second-order valence-corrected chi connectivity index (χ2v) is 9.64. The minimum absolute atomic E-state index is 0.637. The van der Waals surface area contributed by atoms with E-state index in [1.54, 1.807) is 12.4 Å². The van der Waals surface area contributed by atoms with Crippen molar-refractivity contribution in [3.63, 3.8) is 0 Å². The number of nitrogens with one attached hydrogen (secondary N) is 2. The number of aromatic nitrogens is 5. The van der Waals surface area contributed by atoms with Crippen LogP contribution in [0.3, 0.4) is 0 Å². The highest BCUT2D eigenvalue weighted by Gasteiger charge is 2.14. The van der Waals surface area contributed by atoms with E-state index in [0.717, 1.165) is 61.8 Å². The second kappa shape index (κ2) is 11.3. The molecule has 0 spiro atoms. The molecule has 0 aliphatic heterocycles. The molecule has 0 atom stereocenters. The van der Waals surface area contributed by atoms with Gasteiger partial charge < -0.3 is 0 Å². The van der Waals surface area contributed by atoms with Gasteiger partial charge >= 0.3 is 0 Å². The largest absolute Gasteiger partial charge is 0.299 e. The van der Waals surface area contributed by atoms with Crippen LogP contribution in [0, 0.1) is 0 Å². The highest BCUT2D eigenvalue weighted by Crippen LogP contribution is 2.32. The van der Waals surface area contributed by atoms with Gasteiger partial charge in [0, 0.05) is 35.1 Å². The summed E-state index contributed by atoms with van der Waals surface area (Å²) in [7, 11) is 0. The summed E-state index contributed by atoms with van der Waals surface area (Å²) in [4.78, 5) is 23.7. The van der Waals surface area contributed by atoms with Gasteiger partial charge in [-0.1, -0.05) is 60.7 Å². The summed E-state index contributed by atoms with van der Waals surface area (Å²) in [6.45, 7) is 0. The van der Waals surface area contributed by atoms with Gasteiger partial charge in [-0.3, -0.25) is 20.8 Å². The lowest BCUT2D eigenvalue weighted by Crippen LogP contribution is -2.12. The van der Waals surface area contributed by atoms with Crippen molar-refractivity contribution in [3.05, 3.63) is 140 Å². The number of anilines is 2. The van der Waals surface area contributed by atoms with Crippen LogP contribution >= 0.6 is 0 Å². The monoisotopic (exact) mass is 543 g/mol. The Morgan fingerprint density at radius 2 is 1.05 bits per heavy atom. The van der Waals surface area contributed by atoms with Crippen molar-refractivity contribution in [2.45, 2.75) is 0 Å². The molecule has 200 valence electrons. The Hall–Kier alpha value is -5.95. The van der Waals surface area contributed by atoms with Gasteiger partial charge in [0.05, 0.1) is 39.9 Å². The van der Waals surface area contributed by atoms with E-state index in [2.05, 4.69) is 45.1 Å². The van der Waals surface area contributed by atoms with Crippen molar-refractivity contribution in [1.82, 2.24) is 24.9 Å². The van der Waals surface area contributed by atoms with Gasteiger partial charge in [0.2, 0.25) is 0 Å². The number of benzene rings is 2. The fourth-order valence-corrected chi connectivity index (χ4v) is 4.85. The first-order valence-corrected chi connectivity index (χ1v) is 13.6. The Labute approximate surface area is 243 Å². The fourth-order valence-electron chi connectivity index (χ4n) is 4.85. The number of fused-ring (bicyclic) bond motifs is 1. The van der Waals surface area contributed by atoms with Gasteiger partial charge in [0.25, 0.3) is 0 Å². The minimum atomic E-state index is 0.637. The van der Waals surface area contributed by atoms with Crippen LogP contribution in [-0.2, 0) is 0 Å². The molecule has 42 heavy (non-hydrogen) atoms. The SMILES string of the molecule is c1ccc(-c2cccc(-c3cnc(NNc4cccc5ccccc45)c(-c4cccc(-c5ccccn5)n4)c3)n2)nc1. The van der Waals surface area contributed by atoms with E-state index in [1.165, 1.54) is 0 Å². The molecular formula is C35H25N7. The van der Waals surface area contributed by atoms with Crippen molar-refractivity contribution in [1.29, 1.82) is 0 Å². The van der Waals surface area contributed by atoms with Crippen molar-refractivity contribution in [3.8, 4) is 45.3 Å². The summed E-state index contributed by atoms with van der Waals surface area (Å²) in [6.07, 6.45) is 5.37. The van der Waals surface area contributed by atoms with Crippen LogP contribution < -0.4 is 10.9 Å². The molecule has 0 amide bonds. The van der Waals surface area contributed by atoms with Crippen molar-refractivity contribution >= 4 is 22.3 Å². The molecule has 2 aromatic carbocycles. The Morgan fingerprint density at radius 1 is 0.452 bits per heavy atom. The van der Waals surface area contributed by atoms with Crippen LogP contribution in [-0.4, -0.2) is 24.9 Å². The van der Waals surface area contributed by atoms with Crippen molar-refractivity contribution in [2.24, 2.45) is 0 Å². The molecule has 5 aromatic heterocycles. The molecule has 7 nitrogen and oxygen atoms in total. The second-order valence-electron chi connectivity index (χ2n) is 9.64. The molecule has 7 aromatic rings. The molecule has 7 rings (SSSR count). The normalized spacial score (nSPS) is 10.9. The number of hydrogen-bond donors (Lipinski definition) is 2. The first kappa shape index (κ1) is 25.0. The molecule has 0 saturated heterocycles. The summed E-state index contributed by atoms with van der Waals surface area (Å²) in [5, 5.41) is 2.26. The topological polar surface area (TPSA) is 88.5 Å². The van der Waals surface area contributed by atoms with Crippen LogP contribution in [0.2, 0.25) is 0 Å². The van der Waals surface area contributed by atoms with E-state index in [0.29, 0.717) is 5.82 Å². The fraction of sp³-hybridized carbons (Fsp3) is 0. The lowest BCUT2D eigenvalue weighted by Gasteiger charge is -2.16. The third kappa shape index (κ3) is 5.14. The summed E-state index contributed by atoms with van der Waals surface area (Å²) in [5.41, 5.74) is 14.1. The maximum absolute atomic E-state index is 4.98. The smallest absolute Gasteiger partial charge is 0.153 e. The first-order valence-electron chi connectivity index (χ1n) is 13.6. The predicted molar refractivity (Wildman–Crippen MR) is 168 cm³/mol. The Kier molecular flexibility index (Phi) is 6.72. The lowest BCUT2D eigenvalue weighted by molar-refractivity contribution is 1.21. The first-order chi connectivity index (χ1) is 20.8. The molecule has 0 bridgehead atoms. The molecule has 0 fully saturated rings. The Balaban J connectivity index is 1.30. The highest BCUT2D eigenvalue weighted by molar-refractivity contribution is 5.94. The van der Waals surface area contributed by atoms with Crippen LogP contribution in [0.1, 0.15) is 0 Å². The van der Waals surface area contributed by atoms with Crippen LogP contribution in [0.15, 0.2) is 140 Å². The van der Waals surface area contributed by atoms with Gasteiger partial charge in [-0.25, -0.2) is 15.0 Å². The zero-order valence-electron chi connectivity index (χ0n) is 22.5. The third-order valence-corrected chi connectivity index (χ3v) is 6.92. The highest BCUT2D eigenvalue weighted by atomic mass is 15.4. The number of hydrazine groups is 1. The standard InChI is InChI=1S/C35H25N7/c1-2-12-26-24(10-1)11-7-17-30(26)41-42-35-27(29-16-9-19-34(40-29)32-14-4-6-21-37-32)22-25(23-38-35)28-15-8-18-33(39-28)31-13-3-5-20-36-31/h1-23,41H,(H,38,42). The molecule has 5 heterocycles. The van der Waals surface area contributed by atoms with Crippen LogP contribution in [0.4, 0.5) is 11.5 Å². The van der Waals surface area contributed by atoms with E-state index in [-0.39, 0.29) is 0 Å². The summed E-state index contributed by atoms with van der Waals surface area (Å²) >= 11 is 0. The average molecular weight is 544 g/mol. The number of pyridine rings is 5. The third-order valence-electron chi connectivity index (χ3n) is 6.92. The summed E-state index contributed by atoms with van der Waals surface area (Å²) < 4.78 is 0. The van der Waals surface area contributed by atoms with E-state index < -0.39 is 0 Å². The zero-order valence-corrected chi connectivity index (χ0v) is 22.5. The molecule has 0 radical (unpaired) electrons. The summed E-state index contributed by atoms with van der Waals surface area (Å²) in [5.74, 6) is 0.637.